The van der Waals surface area contributed by atoms with Gasteiger partial charge < -0.3 is 19.7 Å². The lowest BCUT2D eigenvalue weighted by Crippen LogP contribution is -2.35. The van der Waals surface area contributed by atoms with Crippen molar-refractivity contribution in [3.63, 3.8) is 0 Å². The van der Waals surface area contributed by atoms with Gasteiger partial charge in [0.15, 0.2) is 0 Å². The molecule has 0 amide bonds. The van der Waals surface area contributed by atoms with Gasteiger partial charge in [-0.15, -0.1) is 0 Å². The first-order valence-corrected chi connectivity index (χ1v) is 15.6. The molecular formula is C35H50O4. The zero-order valence-corrected chi connectivity index (χ0v) is 24.4. The van der Waals surface area contributed by atoms with E-state index in [1.54, 1.807) is 0 Å². The van der Waals surface area contributed by atoms with Crippen molar-refractivity contribution in [2.75, 3.05) is 0 Å². The molecule has 3 N–H and O–H groups in total. The Kier molecular flexibility index (Phi) is 8.48. The molecule has 1 aromatic rings. The molecule has 4 nitrogen and oxygen atoms in total. The van der Waals surface area contributed by atoms with Crippen molar-refractivity contribution >= 4 is 0 Å². The molecule has 39 heavy (non-hydrogen) atoms. The number of aliphatic hydroxyl groups is 3. The fraction of sp³-hybridized carbons (Fsp3) is 0.657. The first kappa shape index (κ1) is 28.6. The van der Waals surface area contributed by atoms with Crippen molar-refractivity contribution in [1.29, 1.82) is 0 Å². The molecule has 1 heterocycles. The second-order valence-electron chi connectivity index (χ2n) is 13.4. The number of aliphatic hydroxyl groups excluding tert-OH is 3. The highest BCUT2D eigenvalue weighted by molar-refractivity contribution is 5.39. The number of unbranched alkanes of at least 4 members (excludes halogenated alkanes) is 1. The van der Waals surface area contributed by atoms with Crippen molar-refractivity contribution in [3.05, 3.63) is 71.3 Å². The summed E-state index contributed by atoms with van der Waals surface area (Å²) in [6.07, 6.45) is 19.3. The number of hydrogen-bond donors (Lipinski definition) is 3. The lowest BCUT2D eigenvalue weighted by molar-refractivity contribution is 0.0862. The maximum absolute atomic E-state index is 11.3. The highest BCUT2D eigenvalue weighted by Gasteiger charge is 2.53. The third-order valence-corrected chi connectivity index (χ3v) is 10.8. The molecule has 4 aliphatic rings. The predicted molar refractivity (Wildman–Crippen MR) is 157 cm³/mol. The van der Waals surface area contributed by atoms with Crippen LogP contribution in [0.4, 0.5) is 0 Å². The number of hydrogen-bond acceptors (Lipinski definition) is 4. The number of aryl methyl sites for hydroxylation is 1. The average Bonchev–Trinajstić information content (AvgIpc) is 3.44. The summed E-state index contributed by atoms with van der Waals surface area (Å²) in [6.45, 7) is 11.1. The van der Waals surface area contributed by atoms with Gasteiger partial charge in [-0.25, -0.2) is 0 Å². The molecule has 1 aromatic heterocycles. The van der Waals surface area contributed by atoms with Crippen molar-refractivity contribution in [1.82, 2.24) is 0 Å². The lowest BCUT2D eigenvalue weighted by Gasteiger charge is -2.44. The minimum atomic E-state index is -0.639. The monoisotopic (exact) mass is 534 g/mol. The molecule has 214 valence electrons. The fourth-order valence-corrected chi connectivity index (χ4v) is 8.16. The van der Waals surface area contributed by atoms with Gasteiger partial charge in [0, 0.05) is 12.8 Å². The van der Waals surface area contributed by atoms with E-state index in [9.17, 15) is 15.3 Å². The van der Waals surface area contributed by atoms with E-state index in [2.05, 4.69) is 63.8 Å². The van der Waals surface area contributed by atoms with E-state index in [0.717, 1.165) is 61.2 Å². The van der Waals surface area contributed by atoms with Crippen LogP contribution < -0.4 is 0 Å². The van der Waals surface area contributed by atoms with E-state index in [1.807, 2.05) is 0 Å². The van der Waals surface area contributed by atoms with Gasteiger partial charge in [0.25, 0.3) is 0 Å². The topological polar surface area (TPSA) is 73.8 Å². The van der Waals surface area contributed by atoms with Crippen molar-refractivity contribution in [2.45, 2.75) is 122 Å². The highest BCUT2D eigenvalue weighted by atomic mass is 16.3. The number of rotatable bonds is 9. The minimum absolute atomic E-state index is 0.235. The first-order valence-electron chi connectivity index (χ1n) is 15.6. The van der Waals surface area contributed by atoms with Crippen LogP contribution in [-0.2, 0) is 11.8 Å². The number of fused-ring (bicyclic) bond motifs is 1. The maximum atomic E-state index is 11.3. The summed E-state index contributed by atoms with van der Waals surface area (Å²) >= 11 is 0. The van der Waals surface area contributed by atoms with Crippen LogP contribution in [0, 0.1) is 23.2 Å². The van der Waals surface area contributed by atoms with E-state index < -0.39 is 18.3 Å². The van der Waals surface area contributed by atoms with E-state index in [-0.39, 0.29) is 10.8 Å². The van der Waals surface area contributed by atoms with Gasteiger partial charge in [0.05, 0.1) is 23.7 Å². The molecule has 5 rings (SSSR count). The van der Waals surface area contributed by atoms with Gasteiger partial charge in [-0.3, -0.25) is 0 Å². The van der Waals surface area contributed by atoms with Crippen LogP contribution in [0.5, 0.6) is 0 Å². The van der Waals surface area contributed by atoms with Crippen molar-refractivity contribution in [3.8, 4) is 0 Å². The standard InChI is InChI=1S/C35H50O4/c1-5-6-9-28-13-17-33(39-28)35(19-20-35)32(38)16-10-23(2)29-14-15-30-25(8-7-18-34(29,30)4)11-12-26-21-27(36)22-31(37)24(26)3/h10-13,16-17,23,27,29-32,36-38H,3,5-9,14-15,18-22H2,1-2,4H3/t23-,27-,29-,30+,31+,32-,34-/m1/s1. The Labute approximate surface area is 235 Å². The van der Waals surface area contributed by atoms with Crippen LogP contribution in [0.15, 0.2) is 64.2 Å². The summed E-state index contributed by atoms with van der Waals surface area (Å²) in [6, 6.07) is 4.19. The summed E-state index contributed by atoms with van der Waals surface area (Å²) < 4.78 is 6.19. The van der Waals surface area contributed by atoms with Crippen LogP contribution in [0.3, 0.4) is 0 Å². The summed E-state index contributed by atoms with van der Waals surface area (Å²) in [7, 11) is 0. The zero-order valence-electron chi connectivity index (χ0n) is 24.4. The van der Waals surface area contributed by atoms with Crippen molar-refractivity contribution in [2.24, 2.45) is 23.2 Å². The van der Waals surface area contributed by atoms with Crippen molar-refractivity contribution < 1.29 is 19.7 Å². The Balaban J connectivity index is 1.26. The van der Waals surface area contributed by atoms with Gasteiger partial charge in [0.2, 0.25) is 0 Å². The van der Waals surface area contributed by atoms with Gasteiger partial charge in [-0.1, -0.05) is 63.6 Å². The molecule has 0 bridgehead atoms. The Bertz CT molecular complexity index is 1120. The molecule has 4 saturated carbocycles. The molecule has 0 aromatic carbocycles. The van der Waals surface area contributed by atoms with Crippen LogP contribution in [0.25, 0.3) is 0 Å². The molecule has 0 saturated heterocycles. The summed E-state index contributed by atoms with van der Waals surface area (Å²) in [4.78, 5) is 0. The van der Waals surface area contributed by atoms with Crippen LogP contribution in [0.2, 0.25) is 0 Å². The molecule has 0 unspecified atom stereocenters. The second-order valence-corrected chi connectivity index (χ2v) is 13.4. The third kappa shape index (κ3) is 5.67. The van der Waals surface area contributed by atoms with Gasteiger partial charge >= 0.3 is 0 Å². The summed E-state index contributed by atoms with van der Waals surface area (Å²) in [5.41, 5.74) is 3.29. The molecule has 0 aliphatic heterocycles. The van der Waals surface area contributed by atoms with Crippen LogP contribution in [0.1, 0.15) is 103 Å². The number of furan rings is 1. The van der Waals surface area contributed by atoms with E-state index in [0.29, 0.717) is 30.6 Å². The number of allylic oxidation sites excluding steroid dienone is 4. The Hall–Kier alpha value is -1.88. The van der Waals surface area contributed by atoms with E-state index >= 15 is 0 Å². The lowest BCUT2D eigenvalue weighted by atomic mass is 9.61. The zero-order chi connectivity index (χ0) is 27.8. The Morgan fingerprint density at radius 3 is 2.67 bits per heavy atom. The molecule has 0 radical (unpaired) electrons. The maximum Gasteiger partial charge on any atom is 0.113 e. The Morgan fingerprint density at radius 2 is 1.92 bits per heavy atom. The molecular weight excluding hydrogens is 484 g/mol. The van der Waals surface area contributed by atoms with E-state index in [4.69, 9.17) is 4.42 Å². The largest absolute Gasteiger partial charge is 0.465 e. The van der Waals surface area contributed by atoms with Gasteiger partial charge in [-0.05, 0) is 104 Å². The SMILES string of the molecule is C=C1C(=CC=C2CCC[C@]3(C)[C@@H]([C@H](C)C=C[C@@H](O)C4(c5ccc(CCCC)o5)CC4)CC[C@@H]23)C[C@@H](O)C[C@@H]1O. The molecule has 0 spiro atoms. The fourth-order valence-electron chi connectivity index (χ4n) is 8.16. The highest BCUT2D eigenvalue weighted by Crippen LogP contribution is 2.60. The Morgan fingerprint density at radius 1 is 1.13 bits per heavy atom. The smallest absolute Gasteiger partial charge is 0.113 e. The molecule has 4 fully saturated rings. The minimum Gasteiger partial charge on any atom is -0.465 e. The average molecular weight is 535 g/mol. The second kappa shape index (κ2) is 11.5. The molecule has 4 heteroatoms. The van der Waals surface area contributed by atoms with E-state index in [1.165, 1.54) is 31.3 Å². The third-order valence-electron chi connectivity index (χ3n) is 10.8. The van der Waals surface area contributed by atoms with Gasteiger partial charge in [0.1, 0.15) is 11.5 Å². The molecule has 4 aliphatic carbocycles. The predicted octanol–water partition coefficient (Wildman–Crippen LogP) is 7.35. The van der Waals surface area contributed by atoms with Crippen LogP contribution >= 0.6 is 0 Å². The normalized spacial score (nSPS) is 36.0. The van der Waals surface area contributed by atoms with Crippen LogP contribution in [-0.4, -0.2) is 33.6 Å². The summed E-state index contributed by atoms with van der Waals surface area (Å²) in [5.74, 6) is 3.58. The quantitative estimate of drug-likeness (QED) is 0.290. The molecule has 7 atom stereocenters. The summed E-state index contributed by atoms with van der Waals surface area (Å²) in [5, 5.41) is 31.6. The first-order chi connectivity index (χ1) is 18.7. The van der Waals surface area contributed by atoms with Gasteiger partial charge in [-0.2, -0.15) is 0 Å².